The van der Waals surface area contributed by atoms with Crippen LogP contribution in [0.5, 0.6) is 0 Å². The van der Waals surface area contributed by atoms with Crippen molar-refractivity contribution in [2.45, 2.75) is 12.8 Å². The van der Waals surface area contributed by atoms with Gasteiger partial charge in [0.05, 0.1) is 5.69 Å². The van der Waals surface area contributed by atoms with Gasteiger partial charge in [-0.25, -0.2) is 9.69 Å². The van der Waals surface area contributed by atoms with Crippen molar-refractivity contribution in [3.05, 3.63) is 52.2 Å². The number of urea groups is 1. The first-order chi connectivity index (χ1) is 10.1. The predicted octanol–water partition coefficient (Wildman–Crippen LogP) is 2.42. The number of carbonyl (C=O) groups excluding carboxylic acids is 3. The van der Waals surface area contributed by atoms with Crippen LogP contribution in [0.15, 0.2) is 41.1 Å². The molecule has 0 saturated carbocycles. The van der Waals surface area contributed by atoms with Gasteiger partial charge in [-0.05, 0) is 23.9 Å². The molecule has 5 nitrogen and oxygen atoms in total. The topological polar surface area (TPSA) is 66.5 Å². The average Bonchev–Trinajstić information content (AvgIpc) is 2.94. The lowest BCUT2D eigenvalue weighted by atomic mass is 9.94. The molecule has 0 spiro atoms. The van der Waals surface area contributed by atoms with Crippen molar-refractivity contribution in [1.82, 2.24) is 5.32 Å². The molecule has 1 aliphatic heterocycles. The van der Waals surface area contributed by atoms with E-state index in [1.165, 1.54) is 11.3 Å². The molecule has 1 saturated heterocycles. The van der Waals surface area contributed by atoms with Gasteiger partial charge in [-0.1, -0.05) is 29.8 Å². The van der Waals surface area contributed by atoms with E-state index in [1.807, 2.05) is 19.1 Å². The molecule has 1 fully saturated rings. The van der Waals surface area contributed by atoms with Crippen LogP contribution < -0.4 is 10.2 Å². The monoisotopic (exact) mass is 300 g/mol. The molecule has 6 heteroatoms. The Morgan fingerprint density at radius 3 is 2.43 bits per heavy atom. The SMILES string of the molecule is Cc1ccc(C2C(=O)NC(=O)N(c3ccsc3)C2=O)cc1. The van der Waals surface area contributed by atoms with E-state index >= 15 is 0 Å². The van der Waals surface area contributed by atoms with Crippen LogP contribution >= 0.6 is 11.3 Å². The molecule has 21 heavy (non-hydrogen) atoms. The molecule has 2 heterocycles. The number of carbonyl (C=O) groups is 3. The van der Waals surface area contributed by atoms with Crippen molar-refractivity contribution in [1.29, 1.82) is 0 Å². The fourth-order valence-corrected chi connectivity index (χ4v) is 2.88. The number of aryl methyl sites for hydroxylation is 1. The quantitative estimate of drug-likeness (QED) is 0.866. The number of anilines is 1. The number of barbiturate groups is 1. The van der Waals surface area contributed by atoms with E-state index in [0.29, 0.717) is 11.3 Å². The number of nitrogens with zero attached hydrogens (tertiary/aromatic N) is 1. The number of rotatable bonds is 2. The van der Waals surface area contributed by atoms with Crippen LogP contribution in [0.2, 0.25) is 0 Å². The van der Waals surface area contributed by atoms with Crippen LogP contribution in [0.3, 0.4) is 0 Å². The summed E-state index contributed by atoms with van der Waals surface area (Å²) in [5.41, 5.74) is 2.09. The smallest absolute Gasteiger partial charge is 0.276 e. The summed E-state index contributed by atoms with van der Waals surface area (Å²) in [5, 5.41) is 5.71. The normalized spacial score (nSPS) is 18.8. The van der Waals surface area contributed by atoms with Crippen LogP contribution in [0.25, 0.3) is 0 Å². The Morgan fingerprint density at radius 1 is 1.10 bits per heavy atom. The summed E-state index contributed by atoms with van der Waals surface area (Å²) in [6.45, 7) is 1.92. The van der Waals surface area contributed by atoms with E-state index in [2.05, 4.69) is 5.32 Å². The number of nitrogens with one attached hydrogen (secondary N) is 1. The third kappa shape index (κ3) is 2.34. The third-order valence-electron chi connectivity index (χ3n) is 3.34. The number of thiophene rings is 1. The summed E-state index contributed by atoms with van der Waals surface area (Å²) < 4.78 is 0. The Kier molecular flexibility index (Phi) is 3.31. The Hall–Kier alpha value is -2.47. The molecule has 1 aliphatic rings. The van der Waals surface area contributed by atoms with Gasteiger partial charge in [0.2, 0.25) is 5.91 Å². The van der Waals surface area contributed by atoms with Crippen molar-refractivity contribution >= 4 is 34.9 Å². The summed E-state index contributed by atoms with van der Waals surface area (Å²) in [5.74, 6) is -2.10. The molecule has 106 valence electrons. The van der Waals surface area contributed by atoms with Gasteiger partial charge in [0, 0.05) is 5.38 Å². The molecule has 1 aromatic heterocycles. The number of benzene rings is 1. The van der Waals surface area contributed by atoms with E-state index in [4.69, 9.17) is 0 Å². The van der Waals surface area contributed by atoms with Crippen LogP contribution in [-0.4, -0.2) is 17.8 Å². The largest absolute Gasteiger partial charge is 0.335 e. The van der Waals surface area contributed by atoms with E-state index in [0.717, 1.165) is 10.5 Å². The van der Waals surface area contributed by atoms with E-state index < -0.39 is 23.8 Å². The number of hydrogen-bond donors (Lipinski definition) is 1. The maximum atomic E-state index is 12.6. The van der Waals surface area contributed by atoms with Gasteiger partial charge in [0.1, 0.15) is 5.92 Å². The zero-order valence-electron chi connectivity index (χ0n) is 11.2. The van der Waals surface area contributed by atoms with Gasteiger partial charge >= 0.3 is 6.03 Å². The Balaban J connectivity index is 2.00. The van der Waals surface area contributed by atoms with E-state index in [-0.39, 0.29) is 0 Å². The van der Waals surface area contributed by atoms with Crippen LogP contribution in [0.1, 0.15) is 17.0 Å². The molecule has 2 aromatic rings. The van der Waals surface area contributed by atoms with Crippen LogP contribution in [0.4, 0.5) is 10.5 Å². The highest BCUT2D eigenvalue weighted by atomic mass is 32.1. The lowest BCUT2D eigenvalue weighted by Crippen LogP contribution is -2.57. The van der Waals surface area contributed by atoms with Gasteiger partial charge in [0.15, 0.2) is 0 Å². The number of hydrogen-bond acceptors (Lipinski definition) is 4. The number of imide groups is 2. The molecule has 1 N–H and O–H groups in total. The fourth-order valence-electron chi connectivity index (χ4n) is 2.26. The van der Waals surface area contributed by atoms with Crippen molar-refractivity contribution < 1.29 is 14.4 Å². The summed E-state index contributed by atoms with van der Waals surface area (Å²) >= 11 is 1.38. The van der Waals surface area contributed by atoms with Crippen molar-refractivity contribution in [2.24, 2.45) is 0 Å². The number of amides is 4. The Labute approximate surface area is 125 Å². The van der Waals surface area contributed by atoms with Gasteiger partial charge in [-0.2, -0.15) is 11.3 Å². The summed E-state index contributed by atoms with van der Waals surface area (Å²) in [6, 6.07) is 8.11. The predicted molar refractivity (Wildman–Crippen MR) is 79.3 cm³/mol. The molecular weight excluding hydrogens is 288 g/mol. The second kappa shape index (κ2) is 5.14. The Bertz CT molecular complexity index is 707. The molecule has 0 bridgehead atoms. The molecule has 0 radical (unpaired) electrons. The van der Waals surface area contributed by atoms with E-state index in [9.17, 15) is 14.4 Å². The lowest BCUT2D eigenvalue weighted by Gasteiger charge is -2.29. The van der Waals surface area contributed by atoms with Gasteiger partial charge < -0.3 is 0 Å². The second-order valence-corrected chi connectivity index (χ2v) is 5.57. The van der Waals surface area contributed by atoms with Crippen LogP contribution in [0, 0.1) is 6.92 Å². The van der Waals surface area contributed by atoms with Crippen molar-refractivity contribution in [2.75, 3.05) is 4.90 Å². The molecule has 1 atom stereocenters. The minimum Gasteiger partial charge on any atom is -0.276 e. The highest BCUT2D eigenvalue weighted by Crippen LogP contribution is 2.28. The molecular formula is C15H12N2O3S. The molecule has 3 rings (SSSR count). The summed E-state index contributed by atoms with van der Waals surface area (Å²) in [6.07, 6.45) is 0. The average molecular weight is 300 g/mol. The highest BCUT2D eigenvalue weighted by Gasteiger charge is 2.42. The van der Waals surface area contributed by atoms with Gasteiger partial charge in [-0.3, -0.25) is 14.9 Å². The fraction of sp³-hybridized carbons (Fsp3) is 0.133. The molecule has 0 aliphatic carbocycles. The van der Waals surface area contributed by atoms with Crippen LogP contribution in [-0.2, 0) is 9.59 Å². The highest BCUT2D eigenvalue weighted by molar-refractivity contribution is 7.08. The molecule has 1 aromatic carbocycles. The lowest BCUT2D eigenvalue weighted by molar-refractivity contribution is -0.130. The van der Waals surface area contributed by atoms with Crippen molar-refractivity contribution in [3.8, 4) is 0 Å². The molecule has 4 amide bonds. The first kappa shape index (κ1) is 13.5. The first-order valence-electron chi connectivity index (χ1n) is 6.35. The standard InChI is InChI=1S/C15H12N2O3S/c1-9-2-4-10(5-3-9)12-13(18)16-15(20)17(14(12)19)11-6-7-21-8-11/h2-8,12H,1H3,(H,16,18,20). The third-order valence-corrected chi connectivity index (χ3v) is 4.01. The zero-order chi connectivity index (χ0) is 15.0. The van der Waals surface area contributed by atoms with E-state index in [1.54, 1.807) is 29.0 Å². The van der Waals surface area contributed by atoms with Gasteiger partial charge in [0.25, 0.3) is 5.91 Å². The second-order valence-electron chi connectivity index (χ2n) is 4.79. The Morgan fingerprint density at radius 2 is 1.81 bits per heavy atom. The maximum Gasteiger partial charge on any atom is 0.335 e. The van der Waals surface area contributed by atoms with Gasteiger partial charge in [-0.15, -0.1) is 0 Å². The maximum absolute atomic E-state index is 12.6. The zero-order valence-corrected chi connectivity index (χ0v) is 12.0. The van der Waals surface area contributed by atoms with Crippen molar-refractivity contribution in [3.63, 3.8) is 0 Å². The minimum atomic E-state index is -0.997. The summed E-state index contributed by atoms with van der Waals surface area (Å²) in [4.78, 5) is 37.6. The first-order valence-corrected chi connectivity index (χ1v) is 7.30. The molecule has 1 unspecified atom stereocenters. The minimum absolute atomic E-state index is 0.479. The summed E-state index contributed by atoms with van der Waals surface area (Å²) in [7, 11) is 0.